The van der Waals surface area contributed by atoms with E-state index in [0.717, 1.165) is 0 Å². The highest BCUT2D eigenvalue weighted by Crippen LogP contribution is 2.15. The minimum atomic E-state index is -0.506. The van der Waals surface area contributed by atoms with Gasteiger partial charge in [-0.1, -0.05) is 0 Å². The zero-order valence-electron chi connectivity index (χ0n) is 8.62. The second-order valence-corrected chi connectivity index (χ2v) is 4.13. The van der Waals surface area contributed by atoms with Crippen LogP contribution in [-0.2, 0) is 0 Å². The van der Waals surface area contributed by atoms with E-state index in [1.807, 2.05) is 0 Å². The summed E-state index contributed by atoms with van der Waals surface area (Å²) in [7, 11) is 0. The number of halogens is 1. The van der Waals surface area contributed by atoms with Gasteiger partial charge in [-0.2, -0.15) is 0 Å². The van der Waals surface area contributed by atoms with Crippen LogP contribution in [0.5, 0.6) is 5.75 Å². The predicted octanol–water partition coefficient (Wildman–Crippen LogP) is 1.53. The maximum Gasteiger partial charge on any atom is 0.255 e. The monoisotopic (exact) mass is 228 g/mol. The van der Waals surface area contributed by atoms with Gasteiger partial charge in [0.15, 0.2) is 0 Å². The van der Waals surface area contributed by atoms with Gasteiger partial charge in [0.25, 0.3) is 5.91 Å². The number of carbonyl (C=O) groups excluding carboxylic acids is 1. The van der Waals surface area contributed by atoms with Crippen LogP contribution in [0.4, 0.5) is 0 Å². The number of rotatable bonds is 3. The lowest BCUT2D eigenvalue weighted by Crippen LogP contribution is -2.44. The van der Waals surface area contributed by atoms with Crippen molar-refractivity contribution in [1.29, 1.82) is 0 Å². The van der Waals surface area contributed by atoms with Crippen molar-refractivity contribution in [3.8, 4) is 5.75 Å². The molecular weight excluding hydrogens is 216 g/mol. The van der Waals surface area contributed by atoms with Crippen molar-refractivity contribution in [3.05, 3.63) is 24.0 Å². The molecule has 0 aliphatic rings. The van der Waals surface area contributed by atoms with Crippen molar-refractivity contribution in [2.45, 2.75) is 19.4 Å². The van der Waals surface area contributed by atoms with Crippen LogP contribution in [0, 0.1) is 0 Å². The molecule has 0 radical (unpaired) electrons. The Balaban J connectivity index is 2.83. The van der Waals surface area contributed by atoms with Crippen LogP contribution < -0.4 is 5.32 Å². The third kappa shape index (κ3) is 3.09. The molecule has 0 aliphatic heterocycles. The highest BCUT2D eigenvalue weighted by molar-refractivity contribution is 6.18. The maximum absolute atomic E-state index is 11.7. The van der Waals surface area contributed by atoms with Crippen molar-refractivity contribution in [2.75, 3.05) is 5.88 Å². The molecule has 0 bridgehead atoms. The number of hydrogen-bond acceptors (Lipinski definition) is 3. The van der Waals surface area contributed by atoms with E-state index in [0.29, 0.717) is 5.88 Å². The van der Waals surface area contributed by atoms with Crippen molar-refractivity contribution in [2.24, 2.45) is 0 Å². The largest absolute Gasteiger partial charge is 0.505 e. The van der Waals surface area contributed by atoms with Gasteiger partial charge in [0.1, 0.15) is 5.75 Å². The number of pyridine rings is 1. The molecule has 1 rings (SSSR count). The van der Waals surface area contributed by atoms with E-state index in [9.17, 15) is 9.90 Å². The third-order valence-corrected chi connectivity index (χ3v) is 2.50. The van der Waals surface area contributed by atoms with E-state index >= 15 is 0 Å². The average molecular weight is 229 g/mol. The first kappa shape index (κ1) is 11.8. The number of amides is 1. The van der Waals surface area contributed by atoms with Crippen LogP contribution in [0.25, 0.3) is 0 Å². The summed E-state index contributed by atoms with van der Waals surface area (Å²) in [5, 5.41) is 12.1. The maximum atomic E-state index is 11.7. The number of aromatic nitrogens is 1. The Morgan fingerprint density at radius 2 is 2.33 bits per heavy atom. The fraction of sp³-hybridized carbons (Fsp3) is 0.400. The van der Waals surface area contributed by atoms with Crippen LogP contribution in [0.15, 0.2) is 18.5 Å². The van der Waals surface area contributed by atoms with Crippen molar-refractivity contribution in [1.82, 2.24) is 10.3 Å². The Hall–Kier alpha value is -1.29. The smallest absolute Gasteiger partial charge is 0.255 e. The Kier molecular flexibility index (Phi) is 3.52. The summed E-state index contributed by atoms with van der Waals surface area (Å²) in [6, 6.07) is 1.45. The molecule has 5 heteroatoms. The molecule has 0 saturated carbocycles. The van der Waals surface area contributed by atoms with Crippen molar-refractivity contribution in [3.63, 3.8) is 0 Å². The van der Waals surface area contributed by atoms with Crippen LogP contribution in [-0.4, -0.2) is 27.4 Å². The standard InChI is InChI=1S/C10H13ClN2O2/c1-10(2,6-11)13-9(15)7-3-4-12-5-8(7)14/h3-5,14H,6H2,1-2H3,(H,13,15). The van der Waals surface area contributed by atoms with Gasteiger partial charge in [0.2, 0.25) is 0 Å². The van der Waals surface area contributed by atoms with Gasteiger partial charge in [-0.15, -0.1) is 11.6 Å². The molecule has 0 aliphatic carbocycles. The Morgan fingerprint density at radius 1 is 1.67 bits per heavy atom. The van der Waals surface area contributed by atoms with E-state index < -0.39 is 5.54 Å². The van der Waals surface area contributed by atoms with Gasteiger partial charge >= 0.3 is 0 Å². The Morgan fingerprint density at radius 3 is 2.87 bits per heavy atom. The Bertz CT molecular complexity index is 366. The first-order valence-electron chi connectivity index (χ1n) is 4.48. The first-order valence-corrected chi connectivity index (χ1v) is 5.01. The molecule has 0 spiro atoms. The molecule has 1 aromatic rings. The van der Waals surface area contributed by atoms with E-state index in [-0.39, 0.29) is 17.2 Å². The van der Waals surface area contributed by atoms with Crippen molar-refractivity contribution < 1.29 is 9.90 Å². The third-order valence-electron chi connectivity index (χ3n) is 1.83. The van der Waals surface area contributed by atoms with Gasteiger partial charge in [0, 0.05) is 17.6 Å². The van der Waals surface area contributed by atoms with E-state index in [1.165, 1.54) is 18.5 Å². The lowest BCUT2D eigenvalue weighted by molar-refractivity contribution is 0.0917. The van der Waals surface area contributed by atoms with E-state index in [1.54, 1.807) is 13.8 Å². The van der Waals surface area contributed by atoms with Crippen LogP contribution >= 0.6 is 11.6 Å². The quantitative estimate of drug-likeness (QED) is 0.772. The molecule has 2 N–H and O–H groups in total. The van der Waals surface area contributed by atoms with E-state index in [2.05, 4.69) is 10.3 Å². The summed E-state index contributed by atoms with van der Waals surface area (Å²) in [5.74, 6) is -0.203. The fourth-order valence-corrected chi connectivity index (χ4v) is 1.05. The highest BCUT2D eigenvalue weighted by atomic mass is 35.5. The number of hydrogen-bond donors (Lipinski definition) is 2. The lowest BCUT2D eigenvalue weighted by Gasteiger charge is -2.23. The predicted molar refractivity (Wildman–Crippen MR) is 58.2 cm³/mol. The molecule has 4 nitrogen and oxygen atoms in total. The molecule has 1 amide bonds. The minimum absolute atomic E-state index is 0.139. The van der Waals surface area contributed by atoms with Gasteiger partial charge < -0.3 is 10.4 Å². The average Bonchev–Trinajstić information content (AvgIpc) is 2.17. The number of nitrogens with one attached hydrogen (secondary N) is 1. The zero-order chi connectivity index (χ0) is 11.5. The fourth-order valence-electron chi connectivity index (χ4n) is 0.986. The second kappa shape index (κ2) is 4.49. The summed E-state index contributed by atoms with van der Waals surface area (Å²) in [4.78, 5) is 15.4. The normalized spacial score (nSPS) is 11.1. The highest BCUT2D eigenvalue weighted by Gasteiger charge is 2.21. The summed E-state index contributed by atoms with van der Waals surface area (Å²) in [6.07, 6.45) is 2.67. The number of nitrogens with zero attached hydrogens (tertiary/aromatic N) is 1. The number of aromatic hydroxyl groups is 1. The molecular formula is C10H13ClN2O2. The second-order valence-electron chi connectivity index (χ2n) is 3.86. The van der Waals surface area contributed by atoms with Gasteiger partial charge in [-0.3, -0.25) is 9.78 Å². The molecule has 0 aromatic carbocycles. The topological polar surface area (TPSA) is 62.2 Å². The SMILES string of the molecule is CC(C)(CCl)NC(=O)c1ccncc1O. The summed E-state index contributed by atoms with van der Waals surface area (Å²) >= 11 is 5.67. The molecule has 0 atom stereocenters. The molecule has 1 heterocycles. The molecule has 0 saturated heterocycles. The summed E-state index contributed by atoms with van der Waals surface area (Å²) in [5.41, 5.74) is -0.308. The summed E-state index contributed by atoms with van der Waals surface area (Å²) < 4.78 is 0. The zero-order valence-corrected chi connectivity index (χ0v) is 9.38. The number of carbonyl (C=O) groups is 1. The van der Waals surface area contributed by atoms with Gasteiger partial charge in [0.05, 0.1) is 11.8 Å². The lowest BCUT2D eigenvalue weighted by atomic mass is 10.1. The van der Waals surface area contributed by atoms with Gasteiger partial charge in [-0.25, -0.2) is 0 Å². The van der Waals surface area contributed by atoms with E-state index in [4.69, 9.17) is 11.6 Å². The van der Waals surface area contributed by atoms with Crippen LogP contribution in [0.2, 0.25) is 0 Å². The van der Waals surface area contributed by atoms with Crippen molar-refractivity contribution >= 4 is 17.5 Å². The molecule has 82 valence electrons. The molecule has 1 aromatic heterocycles. The summed E-state index contributed by atoms with van der Waals surface area (Å²) in [6.45, 7) is 3.60. The first-order chi connectivity index (χ1) is 6.96. The van der Waals surface area contributed by atoms with Crippen LogP contribution in [0.1, 0.15) is 24.2 Å². The van der Waals surface area contributed by atoms with Gasteiger partial charge in [-0.05, 0) is 19.9 Å². The minimum Gasteiger partial charge on any atom is -0.505 e. The molecule has 15 heavy (non-hydrogen) atoms. The molecule has 0 unspecified atom stereocenters. The number of alkyl halides is 1. The van der Waals surface area contributed by atoms with Crippen LogP contribution in [0.3, 0.4) is 0 Å². The molecule has 0 fully saturated rings. The Labute approximate surface area is 93.3 Å².